The summed E-state index contributed by atoms with van der Waals surface area (Å²) in [5.74, 6) is -0.119. The van der Waals surface area contributed by atoms with Crippen LogP contribution in [0.4, 0.5) is 4.39 Å². The lowest BCUT2D eigenvalue weighted by atomic mass is 10.0. The van der Waals surface area contributed by atoms with Crippen molar-refractivity contribution in [2.75, 3.05) is 0 Å². The Labute approximate surface area is 118 Å². The zero-order valence-electron chi connectivity index (χ0n) is 10.5. The fraction of sp³-hybridized carbons (Fsp3) is 0.308. The number of Topliss-reactive ketones (excluding diaryl/α,β-unsaturated/α-hetero) is 1. The van der Waals surface area contributed by atoms with Crippen LogP contribution >= 0.6 is 15.9 Å². The van der Waals surface area contributed by atoms with E-state index >= 15 is 0 Å². The first-order valence-corrected chi connectivity index (χ1v) is 6.61. The first-order valence-electron chi connectivity index (χ1n) is 5.82. The van der Waals surface area contributed by atoms with Crippen LogP contribution in [0.3, 0.4) is 0 Å². The number of carbonyl (C=O) groups is 1. The molecule has 1 unspecified atom stereocenters. The molecule has 1 atom stereocenters. The first-order chi connectivity index (χ1) is 9.02. The van der Waals surface area contributed by atoms with Gasteiger partial charge in [-0.15, -0.1) is 0 Å². The topological polar surface area (TPSA) is 56.0 Å². The summed E-state index contributed by atoms with van der Waals surface area (Å²) in [5, 5.41) is 3.83. The van der Waals surface area contributed by atoms with E-state index in [1.54, 1.807) is 12.1 Å². The summed E-state index contributed by atoms with van der Waals surface area (Å²) in [6, 6.07) is 4.44. The van der Waals surface area contributed by atoms with Crippen LogP contribution in [0.1, 0.15) is 32.1 Å². The van der Waals surface area contributed by atoms with Crippen LogP contribution < -0.4 is 0 Å². The fourth-order valence-corrected chi connectivity index (χ4v) is 2.14. The van der Waals surface area contributed by atoms with Crippen LogP contribution in [0.2, 0.25) is 0 Å². The van der Waals surface area contributed by atoms with Gasteiger partial charge < -0.3 is 4.52 Å². The maximum atomic E-state index is 13.2. The van der Waals surface area contributed by atoms with E-state index in [0.717, 1.165) is 0 Å². The summed E-state index contributed by atoms with van der Waals surface area (Å²) in [4.78, 5) is 15.6. The molecule has 0 amide bonds. The number of halogens is 2. The van der Waals surface area contributed by atoms with Crippen LogP contribution in [0.15, 0.2) is 27.2 Å². The van der Waals surface area contributed by atoms with E-state index in [0.29, 0.717) is 28.2 Å². The molecule has 0 radical (unpaired) electrons. The minimum atomic E-state index is -0.384. The van der Waals surface area contributed by atoms with Crippen LogP contribution in [0.5, 0.6) is 0 Å². The Balaban J connectivity index is 2.35. The molecule has 0 aliphatic carbocycles. The zero-order valence-corrected chi connectivity index (χ0v) is 12.1. The molecule has 0 N–H and O–H groups in total. The third kappa shape index (κ3) is 2.89. The summed E-state index contributed by atoms with van der Waals surface area (Å²) < 4.78 is 18.6. The minimum Gasteiger partial charge on any atom is -0.338 e. The van der Waals surface area contributed by atoms with Crippen molar-refractivity contribution >= 4 is 21.7 Å². The Bertz CT molecular complexity index is 612. The lowest BCUT2D eigenvalue weighted by molar-refractivity contribution is -0.119. The molecule has 0 bridgehead atoms. The van der Waals surface area contributed by atoms with Gasteiger partial charge in [0.1, 0.15) is 11.6 Å². The highest BCUT2D eigenvalue weighted by Crippen LogP contribution is 2.25. The molecule has 4 nitrogen and oxygen atoms in total. The maximum absolute atomic E-state index is 13.2. The first kappa shape index (κ1) is 13.9. The van der Waals surface area contributed by atoms with Gasteiger partial charge in [-0.3, -0.25) is 4.79 Å². The molecule has 0 aliphatic rings. The van der Waals surface area contributed by atoms with Crippen molar-refractivity contribution in [1.82, 2.24) is 10.1 Å². The number of nitrogens with zero attached hydrogens (tertiary/aromatic N) is 2. The molecule has 19 heavy (non-hydrogen) atoms. The van der Waals surface area contributed by atoms with Crippen LogP contribution in [-0.4, -0.2) is 15.9 Å². The average molecular weight is 327 g/mol. The molecule has 1 aromatic carbocycles. The summed E-state index contributed by atoms with van der Waals surface area (Å²) >= 11 is 3.10. The molecule has 0 saturated heterocycles. The molecule has 0 spiro atoms. The molecular weight excluding hydrogens is 315 g/mol. The normalized spacial score (nSPS) is 12.4. The Morgan fingerprint density at radius 1 is 1.53 bits per heavy atom. The molecule has 2 rings (SSSR count). The van der Waals surface area contributed by atoms with Gasteiger partial charge in [-0.2, -0.15) is 4.98 Å². The van der Waals surface area contributed by atoms with Gasteiger partial charge in [0, 0.05) is 5.56 Å². The second-order valence-electron chi connectivity index (χ2n) is 4.16. The number of ketones is 1. The van der Waals surface area contributed by atoms with Gasteiger partial charge in [-0.25, -0.2) is 4.39 Å². The highest BCUT2D eigenvalue weighted by Gasteiger charge is 2.22. The highest BCUT2D eigenvalue weighted by atomic mass is 79.9. The smallest absolute Gasteiger partial charge is 0.237 e. The molecule has 0 fully saturated rings. The van der Waals surface area contributed by atoms with E-state index in [9.17, 15) is 9.18 Å². The Morgan fingerprint density at radius 3 is 2.84 bits per heavy atom. The minimum absolute atomic E-state index is 0.0158. The number of hydrogen-bond donors (Lipinski definition) is 0. The Hall–Kier alpha value is -1.56. The number of carbonyl (C=O) groups excluding carboxylic acids is 1. The van der Waals surface area contributed by atoms with Crippen molar-refractivity contribution in [1.29, 1.82) is 0 Å². The van der Waals surface area contributed by atoms with Crippen LogP contribution in [-0.2, 0) is 4.79 Å². The van der Waals surface area contributed by atoms with Crippen molar-refractivity contribution in [3.8, 4) is 11.4 Å². The monoisotopic (exact) mass is 326 g/mol. The highest BCUT2D eigenvalue weighted by molar-refractivity contribution is 9.10. The molecule has 1 heterocycles. The van der Waals surface area contributed by atoms with Crippen molar-refractivity contribution < 1.29 is 13.7 Å². The van der Waals surface area contributed by atoms with Gasteiger partial charge in [0.15, 0.2) is 0 Å². The zero-order chi connectivity index (χ0) is 14.0. The van der Waals surface area contributed by atoms with Gasteiger partial charge in [0.25, 0.3) is 0 Å². The van der Waals surface area contributed by atoms with Crippen molar-refractivity contribution in [2.24, 2.45) is 0 Å². The third-order valence-electron chi connectivity index (χ3n) is 2.82. The van der Waals surface area contributed by atoms with Crippen molar-refractivity contribution in [2.45, 2.75) is 26.2 Å². The van der Waals surface area contributed by atoms with Gasteiger partial charge in [-0.05, 0) is 47.5 Å². The maximum Gasteiger partial charge on any atom is 0.237 e. The Morgan fingerprint density at radius 2 is 2.26 bits per heavy atom. The van der Waals surface area contributed by atoms with Gasteiger partial charge >= 0.3 is 0 Å². The molecular formula is C13H12BrFN2O2. The quantitative estimate of drug-likeness (QED) is 0.859. The molecule has 0 aliphatic heterocycles. The second-order valence-corrected chi connectivity index (χ2v) is 5.01. The van der Waals surface area contributed by atoms with Gasteiger partial charge in [0.05, 0.1) is 10.4 Å². The lowest BCUT2D eigenvalue weighted by Crippen LogP contribution is -2.07. The molecule has 100 valence electrons. The van der Waals surface area contributed by atoms with Crippen LogP contribution in [0, 0.1) is 5.82 Å². The molecule has 0 saturated carbocycles. The van der Waals surface area contributed by atoms with E-state index in [1.165, 1.54) is 13.0 Å². The number of hydrogen-bond acceptors (Lipinski definition) is 4. The van der Waals surface area contributed by atoms with Crippen molar-refractivity contribution in [3.05, 3.63) is 34.4 Å². The standard InChI is InChI=1S/C13H12BrFN2O2/c1-3-9(7(2)18)13-16-12(17-19-13)8-4-5-11(15)10(14)6-8/h4-6,9H,3H2,1-2H3. The summed E-state index contributed by atoms with van der Waals surface area (Å²) in [7, 11) is 0. The van der Waals surface area contributed by atoms with E-state index in [1.807, 2.05) is 6.92 Å². The third-order valence-corrected chi connectivity index (χ3v) is 3.42. The van der Waals surface area contributed by atoms with Gasteiger partial charge in [-0.1, -0.05) is 12.1 Å². The average Bonchev–Trinajstić information content (AvgIpc) is 2.82. The lowest BCUT2D eigenvalue weighted by Gasteiger charge is -2.03. The number of rotatable bonds is 4. The largest absolute Gasteiger partial charge is 0.338 e. The second kappa shape index (κ2) is 5.61. The molecule has 2 aromatic rings. The fourth-order valence-electron chi connectivity index (χ4n) is 1.77. The molecule has 6 heteroatoms. The SMILES string of the molecule is CCC(C(C)=O)c1nc(-c2ccc(F)c(Br)c2)no1. The van der Waals surface area contributed by atoms with E-state index in [2.05, 4.69) is 26.1 Å². The Kier molecular flexibility index (Phi) is 4.09. The van der Waals surface area contributed by atoms with Crippen LogP contribution in [0.25, 0.3) is 11.4 Å². The summed E-state index contributed by atoms with van der Waals surface area (Å²) in [6.07, 6.45) is 0.601. The predicted molar refractivity (Wildman–Crippen MR) is 71.1 cm³/mol. The van der Waals surface area contributed by atoms with E-state index in [4.69, 9.17) is 4.52 Å². The van der Waals surface area contributed by atoms with E-state index < -0.39 is 0 Å². The number of aromatic nitrogens is 2. The molecule has 1 aromatic heterocycles. The van der Waals surface area contributed by atoms with Gasteiger partial charge in [0.2, 0.25) is 11.7 Å². The summed E-state index contributed by atoms with van der Waals surface area (Å²) in [5.41, 5.74) is 0.627. The van der Waals surface area contributed by atoms with E-state index in [-0.39, 0.29) is 17.5 Å². The van der Waals surface area contributed by atoms with Crippen molar-refractivity contribution in [3.63, 3.8) is 0 Å². The summed E-state index contributed by atoms with van der Waals surface area (Å²) in [6.45, 7) is 3.37. The predicted octanol–water partition coefficient (Wildman–Crippen LogP) is 3.72. The number of benzene rings is 1.